The van der Waals surface area contributed by atoms with Gasteiger partial charge in [0.25, 0.3) is 0 Å². The van der Waals surface area contributed by atoms with Crippen molar-refractivity contribution in [3.63, 3.8) is 0 Å². The summed E-state index contributed by atoms with van der Waals surface area (Å²) in [5, 5.41) is 4.02. The molecule has 0 saturated heterocycles. The number of aryl methyl sites for hydroxylation is 1. The van der Waals surface area contributed by atoms with Crippen LogP contribution in [-0.2, 0) is 0 Å². The number of carbonyl (C=O) groups excluding carboxylic acids is 1. The van der Waals surface area contributed by atoms with Gasteiger partial charge in [-0.1, -0.05) is 6.08 Å². The lowest BCUT2D eigenvalue weighted by molar-refractivity contribution is 0.0986. The molecule has 0 N–H and O–H groups in total. The van der Waals surface area contributed by atoms with E-state index in [-0.39, 0.29) is 5.78 Å². The lowest BCUT2D eigenvalue weighted by Gasteiger charge is -2.05. The van der Waals surface area contributed by atoms with Gasteiger partial charge in [-0.25, -0.2) is 4.68 Å². The first-order valence-electron chi connectivity index (χ1n) is 3.53. The average Bonchev–Trinajstić information content (AvgIpc) is 2.34. The molecule has 2 heterocycles. The van der Waals surface area contributed by atoms with E-state index < -0.39 is 0 Å². The van der Waals surface area contributed by atoms with Gasteiger partial charge in [0.1, 0.15) is 5.69 Å². The predicted molar refractivity (Wildman–Crippen MR) is 41.2 cm³/mol. The molecule has 0 bridgehead atoms. The van der Waals surface area contributed by atoms with Crippen molar-refractivity contribution in [3.05, 3.63) is 23.5 Å². The van der Waals surface area contributed by atoms with Crippen LogP contribution < -0.4 is 0 Å². The van der Waals surface area contributed by atoms with Crippen LogP contribution in [0.4, 0.5) is 0 Å². The van der Waals surface area contributed by atoms with Crippen molar-refractivity contribution >= 4 is 12.0 Å². The molecule has 0 saturated carbocycles. The van der Waals surface area contributed by atoms with Crippen molar-refractivity contribution in [1.82, 2.24) is 9.78 Å². The minimum atomic E-state index is 0.155. The van der Waals surface area contributed by atoms with Crippen LogP contribution in [0.5, 0.6) is 0 Å². The van der Waals surface area contributed by atoms with E-state index in [1.165, 1.54) is 0 Å². The third-order valence-electron chi connectivity index (χ3n) is 1.79. The standard InChI is InChI=1S/C8H8N2O/c1-6-5-9-10-4-2-3-7(11)8(6)10/h2,4-5H,3H2,1H3. The van der Waals surface area contributed by atoms with Crippen LogP contribution in [-0.4, -0.2) is 15.6 Å². The first-order chi connectivity index (χ1) is 5.29. The van der Waals surface area contributed by atoms with E-state index in [0.717, 1.165) is 11.3 Å². The van der Waals surface area contributed by atoms with Gasteiger partial charge in [-0.15, -0.1) is 0 Å². The normalized spacial score (nSPS) is 15.2. The number of hydrogen-bond donors (Lipinski definition) is 0. The van der Waals surface area contributed by atoms with Crippen molar-refractivity contribution in [2.45, 2.75) is 13.3 Å². The molecule has 11 heavy (non-hydrogen) atoms. The number of nitrogens with zero attached hydrogens (tertiary/aromatic N) is 2. The highest BCUT2D eigenvalue weighted by Crippen LogP contribution is 2.14. The van der Waals surface area contributed by atoms with E-state index in [1.54, 1.807) is 10.9 Å². The SMILES string of the molecule is Cc1cnn2c1C(=O)CC=C2. The van der Waals surface area contributed by atoms with Crippen molar-refractivity contribution in [2.24, 2.45) is 0 Å². The highest BCUT2D eigenvalue weighted by Gasteiger charge is 2.16. The van der Waals surface area contributed by atoms with E-state index in [2.05, 4.69) is 5.10 Å². The highest BCUT2D eigenvalue weighted by atomic mass is 16.1. The van der Waals surface area contributed by atoms with Gasteiger partial charge in [0.2, 0.25) is 0 Å². The maximum Gasteiger partial charge on any atom is 0.185 e. The predicted octanol–water partition coefficient (Wildman–Crippen LogP) is 1.25. The summed E-state index contributed by atoms with van der Waals surface area (Å²) >= 11 is 0. The highest BCUT2D eigenvalue weighted by molar-refractivity contribution is 5.98. The summed E-state index contributed by atoms with van der Waals surface area (Å²) in [4.78, 5) is 11.3. The monoisotopic (exact) mass is 148 g/mol. The second-order valence-electron chi connectivity index (χ2n) is 2.63. The minimum absolute atomic E-state index is 0.155. The zero-order valence-corrected chi connectivity index (χ0v) is 6.24. The number of ketones is 1. The fraction of sp³-hybridized carbons (Fsp3) is 0.250. The van der Waals surface area contributed by atoms with Crippen LogP contribution in [0.1, 0.15) is 22.5 Å². The number of allylic oxidation sites excluding steroid dienone is 1. The van der Waals surface area contributed by atoms with Crippen LogP contribution in [0.2, 0.25) is 0 Å². The molecule has 1 aliphatic rings. The molecule has 56 valence electrons. The van der Waals surface area contributed by atoms with Gasteiger partial charge in [0, 0.05) is 12.6 Å². The summed E-state index contributed by atoms with van der Waals surface area (Å²) in [6.07, 6.45) is 5.86. The topological polar surface area (TPSA) is 34.9 Å². The number of rotatable bonds is 0. The Bertz CT molecular complexity index is 336. The molecule has 0 radical (unpaired) electrons. The van der Waals surface area contributed by atoms with E-state index in [9.17, 15) is 4.79 Å². The van der Waals surface area contributed by atoms with Crippen molar-refractivity contribution < 1.29 is 4.79 Å². The number of fused-ring (bicyclic) bond motifs is 1. The van der Waals surface area contributed by atoms with E-state index >= 15 is 0 Å². The second kappa shape index (κ2) is 2.05. The molecule has 0 aliphatic carbocycles. The summed E-state index contributed by atoms with van der Waals surface area (Å²) in [6.45, 7) is 1.90. The Hall–Kier alpha value is -1.38. The van der Waals surface area contributed by atoms with Crippen LogP contribution in [0, 0.1) is 6.92 Å². The van der Waals surface area contributed by atoms with Gasteiger partial charge in [-0.05, 0) is 12.5 Å². The second-order valence-corrected chi connectivity index (χ2v) is 2.63. The fourth-order valence-electron chi connectivity index (χ4n) is 1.27. The molecule has 0 amide bonds. The van der Waals surface area contributed by atoms with Crippen LogP contribution in [0.25, 0.3) is 6.20 Å². The van der Waals surface area contributed by atoms with E-state index in [1.807, 2.05) is 19.2 Å². The lowest BCUT2D eigenvalue weighted by Crippen LogP contribution is -2.10. The lowest BCUT2D eigenvalue weighted by atomic mass is 10.1. The molecular weight excluding hydrogens is 140 g/mol. The molecule has 0 atom stereocenters. The van der Waals surface area contributed by atoms with Crippen molar-refractivity contribution in [1.29, 1.82) is 0 Å². The molecule has 1 aromatic rings. The van der Waals surface area contributed by atoms with Gasteiger partial charge in [-0.3, -0.25) is 4.79 Å². The Morgan fingerprint density at radius 1 is 1.64 bits per heavy atom. The summed E-state index contributed by atoms with van der Waals surface area (Å²) in [7, 11) is 0. The molecular formula is C8H8N2O. The van der Waals surface area contributed by atoms with Crippen LogP contribution in [0.15, 0.2) is 12.3 Å². The molecule has 3 nitrogen and oxygen atoms in total. The van der Waals surface area contributed by atoms with Crippen LogP contribution in [0.3, 0.4) is 0 Å². The Labute approximate surface area is 64.3 Å². The van der Waals surface area contributed by atoms with Crippen molar-refractivity contribution in [3.8, 4) is 0 Å². The third kappa shape index (κ3) is 0.808. The Morgan fingerprint density at radius 3 is 3.18 bits per heavy atom. The van der Waals surface area contributed by atoms with Crippen molar-refractivity contribution in [2.75, 3.05) is 0 Å². The summed E-state index contributed by atoms with van der Waals surface area (Å²) < 4.78 is 1.63. The number of hydrogen-bond acceptors (Lipinski definition) is 2. The van der Waals surface area contributed by atoms with Gasteiger partial charge in [0.05, 0.1) is 6.20 Å². The van der Waals surface area contributed by atoms with Crippen LogP contribution >= 0.6 is 0 Å². The largest absolute Gasteiger partial charge is 0.292 e. The summed E-state index contributed by atoms with van der Waals surface area (Å²) in [6, 6.07) is 0. The van der Waals surface area contributed by atoms with Gasteiger partial charge in [-0.2, -0.15) is 5.10 Å². The summed E-state index contributed by atoms with van der Waals surface area (Å²) in [5.74, 6) is 0.155. The number of carbonyl (C=O) groups is 1. The quantitative estimate of drug-likeness (QED) is 0.555. The summed E-state index contributed by atoms with van der Waals surface area (Å²) in [5.41, 5.74) is 1.69. The Kier molecular flexibility index (Phi) is 1.18. The molecule has 1 aliphatic heterocycles. The molecule has 0 unspecified atom stereocenters. The first-order valence-corrected chi connectivity index (χ1v) is 3.53. The number of aromatic nitrogens is 2. The molecule has 0 spiro atoms. The Morgan fingerprint density at radius 2 is 2.45 bits per heavy atom. The zero-order chi connectivity index (χ0) is 7.84. The van der Waals surface area contributed by atoms with Gasteiger partial charge in [0.15, 0.2) is 5.78 Å². The first kappa shape index (κ1) is 6.34. The van der Waals surface area contributed by atoms with Gasteiger partial charge < -0.3 is 0 Å². The average molecular weight is 148 g/mol. The molecule has 2 rings (SSSR count). The maximum atomic E-state index is 11.3. The van der Waals surface area contributed by atoms with E-state index in [4.69, 9.17) is 0 Å². The third-order valence-corrected chi connectivity index (χ3v) is 1.79. The molecule has 3 heteroatoms. The van der Waals surface area contributed by atoms with E-state index in [0.29, 0.717) is 6.42 Å². The van der Waals surface area contributed by atoms with Gasteiger partial charge >= 0.3 is 0 Å². The Balaban J connectivity index is 2.67. The number of Topliss-reactive ketones (excluding diaryl/α,β-unsaturated/α-hetero) is 1. The maximum absolute atomic E-state index is 11.3. The smallest absolute Gasteiger partial charge is 0.185 e. The molecule has 0 aromatic carbocycles. The minimum Gasteiger partial charge on any atom is -0.292 e. The zero-order valence-electron chi connectivity index (χ0n) is 6.24. The fourth-order valence-corrected chi connectivity index (χ4v) is 1.27. The molecule has 1 aromatic heterocycles. The molecule has 0 fully saturated rings.